The van der Waals surface area contributed by atoms with Crippen molar-refractivity contribution in [1.82, 2.24) is 20.1 Å². The van der Waals surface area contributed by atoms with Crippen LogP contribution in [0.1, 0.15) is 34.6 Å². The Hall–Kier alpha value is -3.58. The lowest BCUT2D eigenvalue weighted by atomic mass is 9.89. The number of halogens is 4. The van der Waals surface area contributed by atoms with Crippen molar-refractivity contribution >= 4 is 34.1 Å². The molecule has 1 saturated heterocycles. The van der Waals surface area contributed by atoms with Crippen molar-refractivity contribution in [3.8, 4) is 6.07 Å². The van der Waals surface area contributed by atoms with Gasteiger partial charge in [-0.3, -0.25) is 14.9 Å². The van der Waals surface area contributed by atoms with Gasteiger partial charge in [-0.2, -0.15) is 23.5 Å². The number of aryl methyl sites for hydroxylation is 1. The van der Waals surface area contributed by atoms with Crippen molar-refractivity contribution in [3.63, 3.8) is 0 Å². The molecular weight excluding hydrogens is 493 g/mol. The number of aromatic amines is 1. The summed E-state index contributed by atoms with van der Waals surface area (Å²) < 4.78 is 40.0. The van der Waals surface area contributed by atoms with Crippen molar-refractivity contribution in [2.75, 3.05) is 24.5 Å². The second-order valence-electron chi connectivity index (χ2n) is 9.15. The van der Waals surface area contributed by atoms with Crippen molar-refractivity contribution in [2.24, 2.45) is 5.92 Å². The number of fused-ring (bicyclic) bond motifs is 2. The molecule has 11 heteroatoms. The van der Waals surface area contributed by atoms with Gasteiger partial charge in [-0.1, -0.05) is 18.2 Å². The van der Waals surface area contributed by atoms with E-state index in [4.69, 9.17) is 11.6 Å². The van der Waals surface area contributed by atoms with Gasteiger partial charge in [0, 0.05) is 54.3 Å². The van der Waals surface area contributed by atoms with Crippen LogP contribution in [0.5, 0.6) is 0 Å². The normalized spacial score (nSPS) is 18.3. The predicted molar refractivity (Wildman–Crippen MR) is 128 cm³/mol. The van der Waals surface area contributed by atoms with Gasteiger partial charge < -0.3 is 9.80 Å². The molecule has 4 heterocycles. The summed E-state index contributed by atoms with van der Waals surface area (Å²) >= 11 is 6.24. The third-order valence-electron chi connectivity index (χ3n) is 6.91. The quantitative estimate of drug-likeness (QED) is 0.497. The lowest BCUT2D eigenvalue weighted by Gasteiger charge is -2.38. The third kappa shape index (κ3) is 4.07. The Bertz CT molecular complexity index is 1440. The maximum atomic E-state index is 13.4. The Labute approximate surface area is 210 Å². The number of rotatable bonds is 2. The summed E-state index contributed by atoms with van der Waals surface area (Å²) in [7, 11) is 0. The van der Waals surface area contributed by atoms with Crippen molar-refractivity contribution in [3.05, 3.63) is 63.6 Å². The van der Waals surface area contributed by atoms with E-state index < -0.39 is 17.8 Å². The summed E-state index contributed by atoms with van der Waals surface area (Å²) in [4.78, 5) is 21.4. The van der Waals surface area contributed by atoms with E-state index >= 15 is 0 Å². The number of hydrogen-bond donors (Lipinski definition) is 1. The summed E-state index contributed by atoms with van der Waals surface area (Å²) in [5.74, 6) is -0.758. The number of alkyl halides is 3. The molecule has 1 atom stereocenters. The number of H-pyrrole nitrogens is 1. The number of carbonyl (C=O) groups excluding carboxylic acids is 1. The van der Waals surface area contributed by atoms with E-state index in [2.05, 4.69) is 27.8 Å². The zero-order chi connectivity index (χ0) is 25.8. The number of aromatic nitrogens is 3. The van der Waals surface area contributed by atoms with E-state index in [1.54, 1.807) is 25.1 Å². The molecule has 0 bridgehead atoms. The molecule has 2 aliphatic rings. The summed E-state index contributed by atoms with van der Waals surface area (Å²) in [6.07, 6.45) is -3.88. The maximum Gasteiger partial charge on any atom is 0.435 e. The van der Waals surface area contributed by atoms with Gasteiger partial charge in [-0.05, 0) is 37.1 Å². The van der Waals surface area contributed by atoms with Crippen LogP contribution in [-0.2, 0) is 23.9 Å². The number of nitrogens with zero attached hydrogens (tertiary/aromatic N) is 5. The lowest BCUT2D eigenvalue weighted by molar-refractivity contribution is -0.143. The SMILES string of the molecule is C=C1CN(c2c(C#N)c(C)nc3ccc(Cl)cc23)CC[C@@H]1C(=O)N1CCc2[nH]nc(C(F)(F)F)c2C1. The minimum atomic E-state index is -4.59. The van der Waals surface area contributed by atoms with Crippen molar-refractivity contribution in [1.29, 1.82) is 5.26 Å². The molecule has 1 aromatic carbocycles. The smallest absolute Gasteiger partial charge is 0.366 e. The second kappa shape index (κ2) is 8.82. The van der Waals surface area contributed by atoms with Gasteiger partial charge in [0.15, 0.2) is 5.69 Å². The number of amides is 1. The zero-order valence-electron chi connectivity index (χ0n) is 19.4. The topological polar surface area (TPSA) is 88.9 Å². The Morgan fingerprint density at radius 2 is 2.08 bits per heavy atom. The van der Waals surface area contributed by atoms with Crippen LogP contribution in [0.4, 0.5) is 18.9 Å². The molecule has 3 aromatic rings. The van der Waals surface area contributed by atoms with Gasteiger partial charge in [-0.25, -0.2) is 0 Å². The van der Waals surface area contributed by atoms with E-state index in [1.165, 1.54) is 4.90 Å². The number of benzene rings is 1. The Kier molecular flexibility index (Phi) is 5.91. The van der Waals surface area contributed by atoms with Crippen molar-refractivity contribution in [2.45, 2.75) is 32.5 Å². The molecule has 0 unspecified atom stereocenters. The first-order valence-electron chi connectivity index (χ1n) is 11.4. The number of carbonyl (C=O) groups is 1. The Morgan fingerprint density at radius 1 is 1.31 bits per heavy atom. The minimum absolute atomic E-state index is 0.0272. The van der Waals surface area contributed by atoms with Crippen LogP contribution < -0.4 is 4.90 Å². The van der Waals surface area contributed by atoms with E-state index in [1.807, 2.05) is 4.90 Å². The number of nitrogens with one attached hydrogen (secondary N) is 1. The number of nitriles is 1. The molecule has 0 radical (unpaired) electrons. The zero-order valence-corrected chi connectivity index (χ0v) is 20.2. The molecule has 1 fully saturated rings. The molecule has 7 nitrogen and oxygen atoms in total. The first-order valence-corrected chi connectivity index (χ1v) is 11.8. The number of piperidine rings is 1. The molecule has 2 aromatic heterocycles. The molecule has 2 aliphatic heterocycles. The van der Waals surface area contributed by atoms with Gasteiger partial charge >= 0.3 is 6.18 Å². The second-order valence-corrected chi connectivity index (χ2v) is 9.59. The molecule has 0 spiro atoms. The average molecular weight is 515 g/mol. The van der Waals surface area contributed by atoms with Gasteiger partial charge in [0.25, 0.3) is 0 Å². The van der Waals surface area contributed by atoms with Gasteiger partial charge in [0.2, 0.25) is 5.91 Å². The molecule has 1 N–H and O–H groups in total. The fourth-order valence-electron chi connectivity index (χ4n) is 5.15. The number of anilines is 1. The molecule has 36 heavy (non-hydrogen) atoms. The molecule has 0 aliphatic carbocycles. The number of pyridine rings is 1. The Balaban J connectivity index is 1.39. The molecule has 0 saturated carbocycles. The average Bonchev–Trinajstić information content (AvgIpc) is 3.27. The minimum Gasteiger partial charge on any atom is -0.366 e. The predicted octanol–water partition coefficient (Wildman–Crippen LogP) is 4.78. The number of hydrogen-bond acceptors (Lipinski definition) is 5. The largest absolute Gasteiger partial charge is 0.435 e. The van der Waals surface area contributed by atoms with E-state index in [0.717, 1.165) is 5.39 Å². The first-order chi connectivity index (χ1) is 17.1. The highest BCUT2D eigenvalue weighted by atomic mass is 35.5. The van der Waals surface area contributed by atoms with Crippen LogP contribution in [0, 0.1) is 24.2 Å². The highest BCUT2D eigenvalue weighted by Gasteiger charge is 2.41. The Morgan fingerprint density at radius 3 is 2.78 bits per heavy atom. The van der Waals surface area contributed by atoms with Crippen LogP contribution in [0.3, 0.4) is 0 Å². The van der Waals surface area contributed by atoms with Crippen molar-refractivity contribution < 1.29 is 18.0 Å². The van der Waals surface area contributed by atoms with Gasteiger partial charge in [0.1, 0.15) is 6.07 Å². The van der Waals surface area contributed by atoms with Crippen LogP contribution in [0.2, 0.25) is 5.02 Å². The van der Waals surface area contributed by atoms with E-state index in [-0.39, 0.29) is 24.4 Å². The summed E-state index contributed by atoms with van der Waals surface area (Å²) in [6, 6.07) is 7.56. The van der Waals surface area contributed by atoms with Crippen LogP contribution in [-0.4, -0.2) is 45.6 Å². The summed E-state index contributed by atoms with van der Waals surface area (Å²) in [5, 5.41) is 17.0. The fourth-order valence-corrected chi connectivity index (χ4v) is 5.32. The fraction of sp³-hybridized carbons (Fsp3) is 0.360. The first kappa shape index (κ1) is 24.1. The standard InChI is InChI=1S/C25H22ClF3N6O/c1-13-11-34(22-17-9-15(26)3-4-20(17)31-14(2)18(22)10-30)7-5-16(13)24(36)35-8-6-21-19(12-35)23(33-32-21)25(27,28)29/h3-4,9,16H,1,5-8,11-12H2,2H3,(H,32,33)/t16-/m0/s1. The monoisotopic (exact) mass is 514 g/mol. The summed E-state index contributed by atoms with van der Waals surface area (Å²) in [6.45, 7) is 6.88. The third-order valence-corrected chi connectivity index (χ3v) is 7.15. The highest BCUT2D eigenvalue weighted by molar-refractivity contribution is 6.31. The van der Waals surface area contributed by atoms with Gasteiger partial charge in [-0.15, -0.1) is 0 Å². The van der Waals surface area contributed by atoms with Gasteiger partial charge in [0.05, 0.1) is 28.4 Å². The van der Waals surface area contributed by atoms with E-state index in [0.29, 0.717) is 64.8 Å². The van der Waals surface area contributed by atoms with Crippen LogP contribution in [0.15, 0.2) is 30.4 Å². The maximum absolute atomic E-state index is 13.4. The lowest BCUT2D eigenvalue weighted by Crippen LogP contribution is -2.45. The summed E-state index contributed by atoms with van der Waals surface area (Å²) in [5.41, 5.74) is 2.56. The molecule has 1 amide bonds. The van der Waals surface area contributed by atoms with Crippen LogP contribution >= 0.6 is 11.6 Å². The molecule has 5 rings (SSSR count). The highest BCUT2D eigenvalue weighted by Crippen LogP contribution is 2.38. The molecular formula is C25H22ClF3N6O. The molecule has 186 valence electrons. The van der Waals surface area contributed by atoms with E-state index in [9.17, 15) is 23.2 Å². The van der Waals surface area contributed by atoms with Crippen LogP contribution in [0.25, 0.3) is 10.9 Å².